The van der Waals surface area contributed by atoms with Gasteiger partial charge in [-0.1, -0.05) is 60.7 Å². The van der Waals surface area contributed by atoms with Gasteiger partial charge in [0, 0.05) is 0 Å². The van der Waals surface area contributed by atoms with Crippen molar-refractivity contribution in [3.8, 4) is 0 Å². The molecule has 1 N–H and O–H groups in total. The number of rotatable bonds is 2. The van der Waals surface area contributed by atoms with Crippen LogP contribution >= 0.6 is 0 Å². The monoisotopic (exact) mass is 320 g/mol. The fraction of sp³-hybridized carbons (Fsp3) is 0.333. The summed E-state index contributed by atoms with van der Waals surface area (Å²) in [6.07, 6.45) is 2.02. The molecule has 0 aromatic heterocycles. The van der Waals surface area contributed by atoms with E-state index in [0.717, 1.165) is 36.1 Å². The fourth-order valence-electron chi connectivity index (χ4n) is 4.52. The zero-order valence-corrected chi connectivity index (χ0v) is 13.4. The molecule has 0 amide bonds. The molecule has 1 fully saturated rings. The lowest BCUT2D eigenvalue weighted by molar-refractivity contribution is -0.309. The topological polar surface area (TPSA) is 38.7 Å². The molecule has 24 heavy (non-hydrogen) atoms. The van der Waals surface area contributed by atoms with Gasteiger partial charge < -0.3 is 14.6 Å². The molecule has 2 aliphatic heterocycles. The molecule has 0 bridgehead atoms. The van der Waals surface area contributed by atoms with Gasteiger partial charge in [0.15, 0.2) is 0 Å². The van der Waals surface area contributed by atoms with Crippen LogP contribution in [0, 0.1) is 5.92 Å². The molecular formula is C21H20O3. The highest BCUT2D eigenvalue weighted by atomic mass is 16.7. The van der Waals surface area contributed by atoms with E-state index in [2.05, 4.69) is 48.5 Å². The average Bonchev–Trinajstić information content (AvgIpc) is 2.92. The average molecular weight is 320 g/mol. The Kier molecular flexibility index (Phi) is 3.09. The van der Waals surface area contributed by atoms with Crippen LogP contribution in [0.3, 0.4) is 0 Å². The molecular weight excluding hydrogens is 300 g/mol. The van der Waals surface area contributed by atoms with Gasteiger partial charge in [-0.2, -0.15) is 0 Å². The van der Waals surface area contributed by atoms with Gasteiger partial charge in [-0.25, -0.2) is 0 Å². The van der Waals surface area contributed by atoms with Gasteiger partial charge in [-0.3, -0.25) is 0 Å². The van der Waals surface area contributed by atoms with Gasteiger partial charge in [0.2, 0.25) is 6.29 Å². The van der Waals surface area contributed by atoms with Crippen molar-refractivity contribution in [2.24, 2.45) is 5.92 Å². The molecule has 0 unspecified atom stereocenters. The van der Waals surface area contributed by atoms with Gasteiger partial charge in [-0.15, -0.1) is 0 Å². The molecule has 0 radical (unpaired) electrons. The maximum atomic E-state index is 10.3. The number of hydrogen-bond acceptors (Lipinski definition) is 3. The third-order valence-electron chi connectivity index (χ3n) is 5.58. The van der Waals surface area contributed by atoms with E-state index in [-0.39, 0.29) is 12.2 Å². The van der Waals surface area contributed by atoms with Gasteiger partial charge in [0.1, 0.15) is 17.5 Å². The smallest absolute Gasteiger partial charge is 0.211 e. The third-order valence-corrected chi connectivity index (χ3v) is 5.58. The van der Waals surface area contributed by atoms with Crippen LogP contribution in [-0.4, -0.2) is 17.5 Å². The summed E-state index contributed by atoms with van der Waals surface area (Å²) in [5.74, 6) is 0.914. The lowest BCUT2D eigenvalue weighted by atomic mass is 9.67. The van der Waals surface area contributed by atoms with E-state index in [0.29, 0.717) is 0 Å². The van der Waals surface area contributed by atoms with Crippen LogP contribution in [0.1, 0.15) is 30.4 Å². The van der Waals surface area contributed by atoms with Crippen LogP contribution in [0.15, 0.2) is 72.0 Å². The summed E-state index contributed by atoms with van der Waals surface area (Å²) in [5, 5.41) is 10.3. The molecule has 3 nitrogen and oxygen atoms in total. The standard InChI is InChI=1S/C21H20O3/c22-17-13-7-12-16-18-20(23-19(16)17)24-21(18,14-8-3-1-4-9-14)15-10-5-2-6-11-15/h1-6,8-11,17-18,20,22H,7,12-13H2/t17-,18+,20+/m1/s1. The lowest BCUT2D eigenvalue weighted by Gasteiger charge is -2.52. The van der Waals surface area contributed by atoms with E-state index >= 15 is 0 Å². The van der Waals surface area contributed by atoms with Crippen molar-refractivity contribution in [1.82, 2.24) is 0 Å². The highest BCUT2D eigenvalue weighted by Crippen LogP contribution is 2.60. The second-order valence-corrected chi connectivity index (χ2v) is 6.85. The van der Waals surface area contributed by atoms with Crippen molar-refractivity contribution in [1.29, 1.82) is 0 Å². The molecule has 2 heterocycles. The van der Waals surface area contributed by atoms with E-state index in [1.807, 2.05) is 12.1 Å². The number of ether oxygens (including phenoxy) is 2. The van der Waals surface area contributed by atoms with E-state index in [9.17, 15) is 5.11 Å². The molecule has 0 saturated carbocycles. The van der Waals surface area contributed by atoms with Gasteiger partial charge >= 0.3 is 0 Å². The molecule has 3 aliphatic rings. The maximum absolute atomic E-state index is 10.3. The van der Waals surface area contributed by atoms with E-state index in [1.165, 1.54) is 5.57 Å². The summed E-state index contributed by atoms with van der Waals surface area (Å²) in [4.78, 5) is 0. The molecule has 1 saturated heterocycles. The van der Waals surface area contributed by atoms with Crippen molar-refractivity contribution in [2.75, 3.05) is 0 Å². The SMILES string of the molecule is O[C@@H]1CCCC2=C1O[C@H]1OC(c3ccccc3)(c3ccccc3)[C@@H]21. The molecule has 2 aromatic carbocycles. The van der Waals surface area contributed by atoms with E-state index < -0.39 is 11.7 Å². The molecule has 2 aromatic rings. The number of aliphatic hydroxyl groups is 1. The number of aliphatic hydroxyl groups excluding tert-OH is 1. The Bertz CT molecular complexity index is 742. The first-order chi connectivity index (χ1) is 11.8. The molecule has 5 rings (SSSR count). The summed E-state index contributed by atoms with van der Waals surface area (Å²) >= 11 is 0. The van der Waals surface area contributed by atoms with E-state index in [1.54, 1.807) is 0 Å². The van der Waals surface area contributed by atoms with Gasteiger partial charge in [-0.05, 0) is 36.0 Å². The normalized spacial score (nSPS) is 30.1. The van der Waals surface area contributed by atoms with Crippen LogP contribution in [-0.2, 0) is 15.1 Å². The van der Waals surface area contributed by atoms with Crippen molar-refractivity contribution < 1.29 is 14.6 Å². The predicted octanol–water partition coefficient (Wildman–Crippen LogP) is 3.73. The quantitative estimate of drug-likeness (QED) is 0.916. The zero-order chi connectivity index (χ0) is 16.1. The Labute approximate surface area is 141 Å². The van der Waals surface area contributed by atoms with Crippen molar-refractivity contribution in [3.63, 3.8) is 0 Å². The second-order valence-electron chi connectivity index (χ2n) is 6.85. The minimum atomic E-state index is -0.513. The maximum Gasteiger partial charge on any atom is 0.211 e. The number of benzene rings is 2. The first-order valence-corrected chi connectivity index (χ1v) is 8.67. The Balaban J connectivity index is 1.68. The number of fused-ring (bicyclic) bond motifs is 2. The first-order valence-electron chi connectivity index (χ1n) is 8.67. The summed E-state index contributed by atoms with van der Waals surface area (Å²) in [6.45, 7) is 0. The van der Waals surface area contributed by atoms with Crippen LogP contribution in [0.5, 0.6) is 0 Å². The van der Waals surface area contributed by atoms with Crippen molar-refractivity contribution in [2.45, 2.75) is 37.3 Å². The third kappa shape index (κ3) is 1.80. The summed E-state index contributed by atoms with van der Waals surface area (Å²) in [6, 6.07) is 20.8. The Morgan fingerprint density at radius 1 is 0.917 bits per heavy atom. The minimum Gasteiger partial charge on any atom is -0.466 e. The Morgan fingerprint density at radius 3 is 2.17 bits per heavy atom. The first kappa shape index (κ1) is 14.3. The highest BCUT2D eigenvalue weighted by molar-refractivity contribution is 5.46. The highest BCUT2D eigenvalue weighted by Gasteiger charge is 2.64. The van der Waals surface area contributed by atoms with Crippen molar-refractivity contribution in [3.05, 3.63) is 83.1 Å². The Morgan fingerprint density at radius 2 is 1.54 bits per heavy atom. The molecule has 1 aliphatic carbocycles. The Hall–Kier alpha value is -2.10. The molecule has 3 heteroatoms. The minimum absolute atomic E-state index is 0.146. The van der Waals surface area contributed by atoms with Crippen LogP contribution in [0.2, 0.25) is 0 Å². The molecule has 122 valence electrons. The zero-order valence-electron chi connectivity index (χ0n) is 13.4. The van der Waals surface area contributed by atoms with Crippen LogP contribution in [0.25, 0.3) is 0 Å². The lowest BCUT2D eigenvalue weighted by Crippen LogP contribution is -2.57. The largest absolute Gasteiger partial charge is 0.466 e. The van der Waals surface area contributed by atoms with Crippen LogP contribution in [0.4, 0.5) is 0 Å². The number of hydrogen-bond donors (Lipinski definition) is 1. The molecule has 0 spiro atoms. The van der Waals surface area contributed by atoms with Gasteiger partial charge in [0.25, 0.3) is 0 Å². The van der Waals surface area contributed by atoms with E-state index in [4.69, 9.17) is 9.47 Å². The second kappa shape index (κ2) is 5.20. The predicted molar refractivity (Wildman–Crippen MR) is 90.0 cm³/mol. The summed E-state index contributed by atoms with van der Waals surface area (Å²) < 4.78 is 12.4. The van der Waals surface area contributed by atoms with Crippen LogP contribution < -0.4 is 0 Å². The summed E-state index contributed by atoms with van der Waals surface area (Å²) in [7, 11) is 0. The molecule has 3 atom stereocenters. The van der Waals surface area contributed by atoms with Crippen molar-refractivity contribution >= 4 is 0 Å². The summed E-state index contributed by atoms with van der Waals surface area (Å²) in [5.41, 5.74) is 3.03. The fourth-order valence-corrected chi connectivity index (χ4v) is 4.52. The van der Waals surface area contributed by atoms with Gasteiger partial charge in [0.05, 0.1) is 5.92 Å².